The molecule has 0 fully saturated rings. The standard InChI is InChI=1S/C33H30N4/c1-5-23(3)30(6-2)33-36-31(24(4)15-16-25-11-8-7-9-12-25)35-32(37-33)29-14-10-13-28(21-29)27-19-17-26(22-34)18-20-27/h5-21,32H,4H2,1-3H3,(H,35,36,37)/b16-15-,23-5-,30-6+. The molecular formula is C33H30N4. The van der Waals surface area contributed by atoms with Crippen molar-refractivity contribution in [3.63, 3.8) is 0 Å². The maximum absolute atomic E-state index is 9.13. The van der Waals surface area contributed by atoms with Crippen LogP contribution in [0.4, 0.5) is 0 Å². The first-order valence-electron chi connectivity index (χ1n) is 12.3. The number of hydrogen-bond donors (Lipinski definition) is 1. The monoisotopic (exact) mass is 482 g/mol. The Morgan fingerprint density at radius 3 is 2.30 bits per heavy atom. The molecule has 3 aromatic rings. The van der Waals surface area contributed by atoms with Gasteiger partial charge in [-0.05, 0) is 66.8 Å². The number of nitrogens with one attached hydrogen (secondary N) is 1. The quantitative estimate of drug-likeness (QED) is 0.349. The minimum atomic E-state index is -0.425. The summed E-state index contributed by atoms with van der Waals surface area (Å²) >= 11 is 0. The second-order valence-electron chi connectivity index (χ2n) is 8.71. The van der Waals surface area contributed by atoms with E-state index in [0.717, 1.165) is 44.8 Å². The van der Waals surface area contributed by atoms with Crippen LogP contribution in [0.15, 0.2) is 130 Å². The minimum absolute atomic E-state index is 0.425. The fourth-order valence-electron chi connectivity index (χ4n) is 4.06. The number of amidine groups is 2. The molecule has 0 spiro atoms. The van der Waals surface area contributed by atoms with Gasteiger partial charge in [0.2, 0.25) is 0 Å². The second kappa shape index (κ2) is 11.8. The first-order chi connectivity index (χ1) is 18.0. The van der Waals surface area contributed by atoms with Gasteiger partial charge >= 0.3 is 0 Å². The lowest BCUT2D eigenvalue weighted by atomic mass is 10.0. The smallest absolute Gasteiger partial charge is 0.169 e. The van der Waals surface area contributed by atoms with Crippen molar-refractivity contribution >= 4 is 17.7 Å². The summed E-state index contributed by atoms with van der Waals surface area (Å²) in [5, 5.41) is 12.6. The van der Waals surface area contributed by atoms with Gasteiger partial charge in [-0.3, -0.25) is 0 Å². The van der Waals surface area contributed by atoms with Crippen LogP contribution in [-0.4, -0.2) is 11.7 Å². The Bertz CT molecular complexity index is 1480. The molecule has 4 rings (SSSR count). The number of hydrogen-bond acceptors (Lipinski definition) is 4. The highest BCUT2D eigenvalue weighted by Gasteiger charge is 2.22. The van der Waals surface area contributed by atoms with Gasteiger partial charge in [-0.2, -0.15) is 5.26 Å². The molecule has 0 saturated carbocycles. The van der Waals surface area contributed by atoms with Gasteiger partial charge in [-0.1, -0.05) is 91.5 Å². The summed E-state index contributed by atoms with van der Waals surface area (Å²) in [6, 6.07) is 28.1. The highest BCUT2D eigenvalue weighted by Crippen LogP contribution is 2.29. The van der Waals surface area contributed by atoms with Crippen LogP contribution in [0.25, 0.3) is 17.2 Å². The van der Waals surface area contributed by atoms with E-state index in [1.54, 1.807) is 0 Å². The van der Waals surface area contributed by atoms with Crippen LogP contribution >= 0.6 is 0 Å². The fraction of sp³-hybridized carbons (Fsp3) is 0.121. The summed E-state index contributed by atoms with van der Waals surface area (Å²) in [5.74, 6) is 1.46. The number of benzene rings is 3. The molecular weight excluding hydrogens is 452 g/mol. The molecule has 0 aromatic heterocycles. The number of rotatable bonds is 7. The largest absolute Gasteiger partial charge is 0.324 e. The lowest BCUT2D eigenvalue weighted by Gasteiger charge is -2.24. The van der Waals surface area contributed by atoms with Crippen molar-refractivity contribution in [1.29, 1.82) is 5.26 Å². The fourth-order valence-corrected chi connectivity index (χ4v) is 4.06. The van der Waals surface area contributed by atoms with E-state index < -0.39 is 6.17 Å². The van der Waals surface area contributed by atoms with Crippen LogP contribution in [0.2, 0.25) is 0 Å². The molecule has 0 saturated heterocycles. The van der Waals surface area contributed by atoms with Crippen molar-refractivity contribution in [1.82, 2.24) is 5.32 Å². The van der Waals surface area contributed by atoms with E-state index >= 15 is 0 Å². The molecule has 1 aliphatic heterocycles. The summed E-state index contributed by atoms with van der Waals surface area (Å²) in [7, 11) is 0. The van der Waals surface area contributed by atoms with Crippen molar-refractivity contribution in [2.45, 2.75) is 26.9 Å². The van der Waals surface area contributed by atoms with E-state index in [2.05, 4.69) is 61.3 Å². The maximum atomic E-state index is 9.13. The van der Waals surface area contributed by atoms with Crippen molar-refractivity contribution in [3.05, 3.63) is 137 Å². The van der Waals surface area contributed by atoms with Crippen LogP contribution < -0.4 is 5.32 Å². The summed E-state index contributed by atoms with van der Waals surface area (Å²) in [4.78, 5) is 9.96. The van der Waals surface area contributed by atoms with Crippen LogP contribution in [0.3, 0.4) is 0 Å². The van der Waals surface area contributed by atoms with Crippen molar-refractivity contribution < 1.29 is 0 Å². The summed E-state index contributed by atoms with van der Waals surface area (Å²) < 4.78 is 0. The van der Waals surface area contributed by atoms with Gasteiger partial charge in [-0.25, -0.2) is 9.98 Å². The van der Waals surface area contributed by atoms with E-state index in [1.165, 1.54) is 0 Å². The molecule has 4 nitrogen and oxygen atoms in total. The zero-order valence-electron chi connectivity index (χ0n) is 21.4. The van der Waals surface area contributed by atoms with Crippen molar-refractivity contribution in [2.24, 2.45) is 9.98 Å². The van der Waals surface area contributed by atoms with Crippen molar-refractivity contribution in [2.75, 3.05) is 0 Å². The lowest BCUT2D eigenvalue weighted by molar-refractivity contribution is 0.755. The number of nitriles is 1. The third kappa shape index (κ3) is 6.09. The first-order valence-corrected chi connectivity index (χ1v) is 12.3. The molecule has 1 N–H and O–H groups in total. The van der Waals surface area contributed by atoms with Crippen LogP contribution in [-0.2, 0) is 0 Å². The zero-order chi connectivity index (χ0) is 26.2. The average Bonchev–Trinajstić information content (AvgIpc) is 2.96. The third-order valence-corrected chi connectivity index (χ3v) is 6.25. The van der Waals surface area contributed by atoms with Crippen LogP contribution in [0.5, 0.6) is 0 Å². The number of allylic oxidation sites excluding steroid dienone is 2. The molecule has 1 heterocycles. The van der Waals surface area contributed by atoms with Gasteiger partial charge in [0, 0.05) is 11.1 Å². The van der Waals surface area contributed by atoms with Crippen LogP contribution in [0.1, 0.15) is 43.6 Å². The zero-order valence-corrected chi connectivity index (χ0v) is 21.4. The van der Waals surface area contributed by atoms with Gasteiger partial charge in [0.1, 0.15) is 11.7 Å². The molecule has 1 atom stereocenters. The molecule has 4 heteroatoms. The Hall–Kier alpha value is -4.75. The van der Waals surface area contributed by atoms with E-state index in [-0.39, 0.29) is 0 Å². The van der Waals surface area contributed by atoms with E-state index in [0.29, 0.717) is 11.4 Å². The van der Waals surface area contributed by atoms with E-state index in [4.69, 9.17) is 15.2 Å². The van der Waals surface area contributed by atoms with Gasteiger partial charge in [0.15, 0.2) is 6.17 Å². The summed E-state index contributed by atoms with van der Waals surface area (Å²) in [6.45, 7) is 10.4. The Labute approximate surface area is 219 Å². The van der Waals surface area contributed by atoms with Gasteiger partial charge in [0.05, 0.1) is 11.6 Å². The molecule has 3 aromatic carbocycles. The molecule has 0 amide bonds. The molecule has 0 bridgehead atoms. The number of nitrogens with zero attached hydrogens (tertiary/aromatic N) is 3. The van der Waals surface area contributed by atoms with Gasteiger partial charge in [0.25, 0.3) is 0 Å². The highest BCUT2D eigenvalue weighted by atomic mass is 15.2. The predicted octanol–water partition coefficient (Wildman–Crippen LogP) is 7.81. The summed E-state index contributed by atoms with van der Waals surface area (Å²) in [5.41, 5.74) is 7.74. The van der Waals surface area contributed by atoms with Crippen molar-refractivity contribution in [3.8, 4) is 17.2 Å². The maximum Gasteiger partial charge on any atom is 0.169 e. The Morgan fingerprint density at radius 2 is 1.62 bits per heavy atom. The Balaban J connectivity index is 1.72. The SMILES string of the molecule is C=C(/C=C\c1ccccc1)C1=NC(c2cccc(-c3ccc(C#N)cc3)c2)N=C(C(=C/C)/C(C)=C\C)N1. The first kappa shape index (κ1) is 25.3. The van der Waals surface area contributed by atoms with Gasteiger partial charge in [-0.15, -0.1) is 0 Å². The molecule has 182 valence electrons. The predicted molar refractivity (Wildman–Crippen MR) is 155 cm³/mol. The average molecular weight is 483 g/mol. The molecule has 37 heavy (non-hydrogen) atoms. The van der Waals surface area contributed by atoms with Gasteiger partial charge < -0.3 is 5.32 Å². The second-order valence-corrected chi connectivity index (χ2v) is 8.71. The highest BCUT2D eigenvalue weighted by molar-refractivity contribution is 6.17. The Morgan fingerprint density at radius 1 is 0.892 bits per heavy atom. The van der Waals surface area contributed by atoms with E-state index in [9.17, 15) is 0 Å². The molecule has 1 unspecified atom stereocenters. The molecule has 0 aliphatic carbocycles. The minimum Gasteiger partial charge on any atom is -0.324 e. The molecule has 0 radical (unpaired) electrons. The lowest BCUT2D eigenvalue weighted by Crippen LogP contribution is -2.36. The normalized spacial score (nSPS) is 16.0. The van der Waals surface area contributed by atoms with Crippen LogP contribution in [0, 0.1) is 11.3 Å². The topological polar surface area (TPSA) is 60.5 Å². The molecule has 1 aliphatic rings. The third-order valence-electron chi connectivity index (χ3n) is 6.25. The van der Waals surface area contributed by atoms with E-state index in [1.807, 2.05) is 80.6 Å². The number of aliphatic imine (C=N–C) groups is 2. The Kier molecular flexibility index (Phi) is 8.08. The summed E-state index contributed by atoms with van der Waals surface area (Å²) in [6.07, 6.45) is 7.73.